The van der Waals surface area contributed by atoms with Crippen LogP contribution in [0.3, 0.4) is 0 Å². The van der Waals surface area contributed by atoms with Gasteiger partial charge in [0.2, 0.25) is 15.9 Å². The average molecular weight is 293 g/mol. The zero-order valence-electron chi connectivity index (χ0n) is 10.0. The predicted octanol–water partition coefficient (Wildman–Crippen LogP) is -0.446. The first kappa shape index (κ1) is 14.9. The van der Waals surface area contributed by atoms with Crippen molar-refractivity contribution in [2.45, 2.75) is 19.4 Å². The molecule has 7 nitrogen and oxygen atoms in total. The molecular formula is C9H15N3O4S2. The van der Waals surface area contributed by atoms with Crippen LogP contribution in [0.5, 0.6) is 0 Å². The van der Waals surface area contributed by atoms with Gasteiger partial charge in [-0.25, -0.2) is 13.4 Å². The smallest absolute Gasteiger partial charge is 0.231 e. The molecule has 0 fully saturated rings. The normalized spacial score (nSPS) is 13.1. The Kier molecular flexibility index (Phi) is 5.05. The number of anilines is 1. The summed E-state index contributed by atoms with van der Waals surface area (Å²) >= 11 is 1.11. The Morgan fingerprint density at radius 1 is 1.61 bits per heavy atom. The summed E-state index contributed by atoms with van der Waals surface area (Å²) in [5, 5.41) is 13.2. The van der Waals surface area contributed by atoms with Gasteiger partial charge in [-0.1, -0.05) is 0 Å². The monoisotopic (exact) mass is 293 g/mol. The minimum atomic E-state index is -3.35. The lowest BCUT2D eigenvalue weighted by atomic mass is 10.3. The Balaban J connectivity index is 2.56. The van der Waals surface area contributed by atoms with E-state index >= 15 is 0 Å². The number of amides is 1. The van der Waals surface area contributed by atoms with Gasteiger partial charge in [0.15, 0.2) is 5.13 Å². The summed E-state index contributed by atoms with van der Waals surface area (Å²) in [6, 6.07) is -0.315. The average Bonchev–Trinajstić information content (AvgIpc) is 2.62. The lowest BCUT2D eigenvalue weighted by molar-refractivity contribution is -0.121. The number of carbonyl (C=O) groups excluding carboxylic acids is 1. The van der Waals surface area contributed by atoms with Crippen LogP contribution >= 0.6 is 11.3 Å². The summed E-state index contributed by atoms with van der Waals surface area (Å²) in [7, 11) is -3.35. The maximum absolute atomic E-state index is 11.5. The standard InChI is InChI=1S/C9H15N3O4S2/c1-6(4-13)10-8(14)3-7-5-17-9(11-7)12-18(2,15)16/h5-6,13H,3-4H2,1-2H3,(H,10,14)(H,11,12)/t6-/m1/s1. The fraction of sp³-hybridized carbons (Fsp3) is 0.556. The fourth-order valence-electron chi connectivity index (χ4n) is 1.13. The Morgan fingerprint density at radius 2 is 2.28 bits per heavy atom. The minimum Gasteiger partial charge on any atom is -0.394 e. The van der Waals surface area contributed by atoms with Gasteiger partial charge >= 0.3 is 0 Å². The molecule has 1 rings (SSSR count). The van der Waals surface area contributed by atoms with Crippen LogP contribution in [0.2, 0.25) is 0 Å². The second kappa shape index (κ2) is 6.12. The predicted molar refractivity (Wildman–Crippen MR) is 69.0 cm³/mol. The van der Waals surface area contributed by atoms with Crippen LogP contribution in [0.15, 0.2) is 5.38 Å². The maximum atomic E-state index is 11.5. The Labute approximate surface area is 109 Å². The SMILES string of the molecule is C[C@H](CO)NC(=O)Cc1csc(NS(C)(=O)=O)n1. The van der Waals surface area contributed by atoms with Crippen LogP contribution in [0.4, 0.5) is 5.13 Å². The molecule has 0 aliphatic rings. The van der Waals surface area contributed by atoms with Gasteiger partial charge in [-0.2, -0.15) is 0 Å². The third-order valence-electron chi connectivity index (χ3n) is 1.85. The molecule has 0 spiro atoms. The van der Waals surface area contributed by atoms with Crippen molar-refractivity contribution in [2.24, 2.45) is 0 Å². The highest BCUT2D eigenvalue weighted by Gasteiger charge is 2.11. The van der Waals surface area contributed by atoms with E-state index < -0.39 is 10.0 Å². The van der Waals surface area contributed by atoms with Crippen molar-refractivity contribution in [3.8, 4) is 0 Å². The third kappa shape index (κ3) is 5.43. The molecule has 1 aromatic heterocycles. The molecule has 0 aliphatic heterocycles. The number of carbonyl (C=O) groups is 1. The van der Waals surface area contributed by atoms with Crippen molar-refractivity contribution in [1.29, 1.82) is 0 Å². The molecule has 3 N–H and O–H groups in total. The molecule has 9 heteroatoms. The lowest BCUT2D eigenvalue weighted by Gasteiger charge is -2.09. The van der Waals surface area contributed by atoms with E-state index in [4.69, 9.17) is 5.11 Å². The van der Waals surface area contributed by atoms with E-state index in [0.717, 1.165) is 17.6 Å². The van der Waals surface area contributed by atoms with Gasteiger partial charge in [-0.15, -0.1) is 11.3 Å². The molecule has 102 valence electrons. The Morgan fingerprint density at radius 3 is 2.83 bits per heavy atom. The van der Waals surface area contributed by atoms with Crippen LogP contribution in [0.25, 0.3) is 0 Å². The van der Waals surface area contributed by atoms with Gasteiger partial charge in [0.05, 0.1) is 25.0 Å². The molecule has 18 heavy (non-hydrogen) atoms. The van der Waals surface area contributed by atoms with E-state index in [1.54, 1.807) is 12.3 Å². The van der Waals surface area contributed by atoms with Crippen LogP contribution < -0.4 is 10.0 Å². The highest BCUT2D eigenvalue weighted by molar-refractivity contribution is 7.92. The largest absolute Gasteiger partial charge is 0.394 e. The highest BCUT2D eigenvalue weighted by atomic mass is 32.2. The molecule has 1 aromatic rings. The van der Waals surface area contributed by atoms with Crippen molar-refractivity contribution >= 4 is 32.4 Å². The van der Waals surface area contributed by atoms with E-state index in [1.807, 2.05) is 0 Å². The van der Waals surface area contributed by atoms with Crippen LogP contribution in [0.1, 0.15) is 12.6 Å². The number of hydrogen-bond donors (Lipinski definition) is 3. The summed E-state index contributed by atoms with van der Waals surface area (Å²) in [5.41, 5.74) is 0.480. The first-order valence-corrected chi connectivity index (χ1v) is 7.89. The Bertz CT molecular complexity index is 512. The van der Waals surface area contributed by atoms with Gasteiger partial charge in [-0.05, 0) is 6.92 Å². The Hall–Kier alpha value is -1.19. The summed E-state index contributed by atoms with van der Waals surface area (Å²) in [6.45, 7) is 1.54. The summed E-state index contributed by atoms with van der Waals surface area (Å²) < 4.78 is 24.2. The number of hydrogen-bond acceptors (Lipinski definition) is 6. The third-order valence-corrected chi connectivity index (χ3v) is 3.35. The topological polar surface area (TPSA) is 108 Å². The second-order valence-corrected chi connectivity index (χ2v) is 6.45. The van der Waals surface area contributed by atoms with E-state index in [0.29, 0.717) is 5.69 Å². The molecule has 1 heterocycles. The number of nitrogens with zero attached hydrogens (tertiary/aromatic N) is 1. The fourth-order valence-corrected chi connectivity index (χ4v) is 2.69. The second-order valence-electron chi connectivity index (χ2n) is 3.85. The molecule has 0 unspecified atom stereocenters. The van der Waals surface area contributed by atoms with Crippen LogP contribution in [-0.2, 0) is 21.2 Å². The molecule has 1 amide bonds. The molecular weight excluding hydrogens is 278 g/mol. The number of rotatable bonds is 6. The van der Waals surface area contributed by atoms with Crippen molar-refractivity contribution < 1.29 is 18.3 Å². The number of nitrogens with one attached hydrogen (secondary N) is 2. The number of aliphatic hydroxyl groups excluding tert-OH is 1. The van der Waals surface area contributed by atoms with Crippen molar-refractivity contribution in [3.63, 3.8) is 0 Å². The summed E-state index contributed by atoms with van der Waals surface area (Å²) in [6.07, 6.45) is 1.08. The van der Waals surface area contributed by atoms with Crippen LogP contribution in [0, 0.1) is 0 Å². The van der Waals surface area contributed by atoms with E-state index in [-0.39, 0.29) is 30.1 Å². The number of sulfonamides is 1. The van der Waals surface area contributed by atoms with Crippen molar-refractivity contribution in [3.05, 3.63) is 11.1 Å². The molecule has 0 aliphatic carbocycles. The van der Waals surface area contributed by atoms with Gasteiger partial charge in [0.1, 0.15) is 0 Å². The zero-order valence-corrected chi connectivity index (χ0v) is 11.6. The highest BCUT2D eigenvalue weighted by Crippen LogP contribution is 2.16. The van der Waals surface area contributed by atoms with E-state index in [1.165, 1.54) is 0 Å². The van der Waals surface area contributed by atoms with Gasteiger partial charge in [0.25, 0.3) is 0 Å². The number of aliphatic hydroxyl groups is 1. The van der Waals surface area contributed by atoms with Crippen LogP contribution in [-0.4, -0.2) is 43.3 Å². The maximum Gasteiger partial charge on any atom is 0.231 e. The van der Waals surface area contributed by atoms with Crippen molar-refractivity contribution in [2.75, 3.05) is 17.6 Å². The molecule has 0 saturated heterocycles. The van der Waals surface area contributed by atoms with E-state index in [2.05, 4.69) is 15.0 Å². The van der Waals surface area contributed by atoms with Gasteiger partial charge in [-0.3, -0.25) is 9.52 Å². The van der Waals surface area contributed by atoms with E-state index in [9.17, 15) is 13.2 Å². The lowest BCUT2D eigenvalue weighted by Crippen LogP contribution is -2.36. The zero-order chi connectivity index (χ0) is 13.8. The molecule has 1 atom stereocenters. The molecule has 0 aromatic carbocycles. The first-order chi connectivity index (χ1) is 8.30. The quantitative estimate of drug-likeness (QED) is 0.658. The molecule has 0 radical (unpaired) electrons. The summed E-state index contributed by atoms with van der Waals surface area (Å²) in [5.74, 6) is -0.271. The minimum absolute atomic E-state index is 0.0479. The van der Waals surface area contributed by atoms with Gasteiger partial charge in [0, 0.05) is 11.4 Å². The van der Waals surface area contributed by atoms with Gasteiger partial charge < -0.3 is 10.4 Å². The molecule has 0 saturated carbocycles. The van der Waals surface area contributed by atoms with Crippen molar-refractivity contribution in [1.82, 2.24) is 10.3 Å². The first-order valence-electron chi connectivity index (χ1n) is 5.12. The molecule has 0 bridgehead atoms. The summed E-state index contributed by atoms with van der Waals surface area (Å²) in [4.78, 5) is 15.5. The number of aromatic nitrogens is 1. The number of thiazole rings is 1.